The van der Waals surface area contributed by atoms with Crippen molar-refractivity contribution >= 4 is 0 Å². The summed E-state index contributed by atoms with van der Waals surface area (Å²) in [6, 6.07) is 0. The molecule has 0 heterocycles. The topological polar surface area (TPSA) is 45.5 Å². The molecule has 0 saturated carbocycles. The molecule has 0 aromatic rings. The van der Waals surface area contributed by atoms with Gasteiger partial charge in [-0.1, -0.05) is 0 Å². The van der Waals surface area contributed by atoms with Crippen LogP contribution in [0, 0.1) is 0 Å². The third-order valence-corrected chi connectivity index (χ3v) is 0.0913. The average molecular weight is 60.1 g/mol. The standard InChI is InChI=1S/CH4N2O/c1-4-3-2/h3H,1H3. The third kappa shape index (κ3) is 1.40. The van der Waals surface area contributed by atoms with Gasteiger partial charge in [-0.25, -0.2) is 0 Å². The van der Waals surface area contributed by atoms with E-state index >= 15 is 0 Å². The van der Waals surface area contributed by atoms with Crippen molar-refractivity contribution in [3.05, 3.63) is 5.53 Å². The van der Waals surface area contributed by atoms with Crippen LogP contribution in [0.2, 0.25) is 0 Å². The van der Waals surface area contributed by atoms with Crippen LogP contribution in [-0.4, -0.2) is 7.11 Å². The number of hydrogen-bond donors (Lipinski definition) is 1. The molecule has 4 heavy (non-hydrogen) atoms. The zero-order valence-electron chi connectivity index (χ0n) is 2.36. The molecule has 0 fully saturated rings. The van der Waals surface area contributed by atoms with Crippen LogP contribution < -0.4 is 5.28 Å². The Kier molecular flexibility index (Phi) is 2.04. The lowest BCUT2D eigenvalue weighted by atomic mass is 11.7. The molecule has 0 aromatic heterocycles. The molecule has 0 spiro atoms. The van der Waals surface area contributed by atoms with E-state index in [9.17, 15) is 0 Å². The number of nitrogens with one attached hydrogen (secondary N) is 1. The van der Waals surface area contributed by atoms with Gasteiger partial charge in [0.05, 0.1) is 0 Å². The Morgan fingerprint density at radius 1 is 2.00 bits per heavy atom. The van der Waals surface area contributed by atoms with Gasteiger partial charge in [0.25, 0.3) is 0 Å². The summed E-state index contributed by atoms with van der Waals surface area (Å²) in [5, 5.41) is 1.43. The Hall–Kier alpha value is -0.600. The number of hydrogen-bond acceptors (Lipinski definition) is 1. The molecule has 0 unspecified atom stereocenters. The normalized spacial score (nSPS) is 5.25. The highest BCUT2D eigenvalue weighted by molar-refractivity contribution is 3.54. The summed E-state index contributed by atoms with van der Waals surface area (Å²) in [5.74, 6) is 0. The molecule has 0 aliphatic carbocycles. The van der Waals surface area contributed by atoms with E-state index in [4.69, 9.17) is 5.53 Å². The van der Waals surface area contributed by atoms with E-state index in [-0.39, 0.29) is 0 Å². The largest absolute Gasteiger partial charge is 0.453 e. The van der Waals surface area contributed by atoms with Crippen molar-refractivity contribution in [2.24, 2.45) is 0 Å². The fourth-order valence-electron chi connectivity index (χ4n) is 0. The van der Waals surface area contributed by atoms with Crippen LogP contribution in [0.3, 0.4) is 0 Å². The van der Waals surface area contributed by atoms with Crippen LogP contribution in [0.4, 0.5) is 0 Å². The highest BCUT2D eigenvalue weighted by Gasteiger charge is 1.36. The Morgan fingerprint density at radius 3 is 2.25 bits per heavy atom. The Labute approximate surface area is 24.0 Å². The van der Waals surface area contributed by atoms with Gasteiger partial charge in [0.15, 0.2) is 0 Å². The van der Waals surface area contributed by atoms with E-state index in [1.165, 1.54) is 12.4 Å². The van der Waals surface area contributed by atoms with E-state index in [0.29, 0.717) is 0 Å². The SMILES string of the molecule is CO[NH+]=[N-]. The van der Waals surface area contributed by atoms with Gasteiger partial charge >= 0.3 is 0 Å². The van der Waals surface area contributed by atoms with Crippen molar-refractivity contribution in [3.8, 4) is 0 Å². The van der Waals surface area contributed by atoms with Gasteiger partial charge in [-0.2, -0.15) is 0 Å². The second kappa shape index (κ2) is 2.40. The number of nitrogens with zero attached hydrogens (tertiary/aromatic N) is 1. The zero-order chi connectivity index (χ0) is 3.41. The minimum absolute atomic E-state index is 1.32. The fourth-order valence-corrected chi connectivity index (χ4v) is 0. The van der Waals surface area contributed by atoms with Crippen LogP contribution in [0.5, 0.6) is 0 Å². The molecule has 0 aliphatic heterocycles. The zero-order valence-corrected chi connectivity index (χ0v) is 2.36. The van der Waals surface area contributed by atoms with Gasteiger partial charge in [0, 0.05) is 0 Å². The van der Waals surface area contributed by atoms with Crippen LogP contribution in [0.15, 0.2) is 0 Å². The second-order valence-electron chi connectivity index (χ2n) is 0.295. The van der Waals surface area contributed by atoms with Crippen molar-refractivity contribution in [2.75, 3.05) is 7.11 Å². The second-order valence-corrected chi connectivity index (χ2v) is 0.295. The Balaban J connectivity index is 2.30. The molecule has 0 atom stereocenters. The van der Waals surface area contributed by atoms with Gasteiger partial charge < -0.3 is 5.53 Å². The maximum Gasteiger partial charge on any atom is 0.148 e. The molecule has 0 aliphatic rings. The summed E-state index contributed by atoms with van der Waals surface area (Å²) in [7, 11) is 1.32. The van der Waals surface area contributed by atoms with Gasteiger partial charge in [-0.05, 0) is 0 Å². The van der Waals surface area contributed by atoms with E-state index in [0.717, 1.165) is 0 Å². The Bertz CT molecular complexity index is 20.0. The van der Waals surface area contributed by atoms with Crippen LogP contribution in [-0.2, 0) is 4.84 Å². The molecule has 0 saturated heterocycles. The van der Waals surface area contributed by atoms with Gasteiger partial charge in [-0.15, -0.1) is 5.28 Å². The van der Waals surface area contributed by atoms with E-state index in [1.807, 2.05) is 0 Å². The van der Waals surface area contributed by atoms with Crippen molar-refractivity contribution in [1.29, 1.82) is 0 Å². The smallest absolute Gasteiger partial charge is 0.148 e. The van der Waals surface area contributed by atoms with E-state index in [1.54, 1.807) is 0 Å². The molecule has 0 rings (SSSR count). The van der Waals surface area contributed by atoms with E-state index in [2.05, 4.69) is 4.84 Å². The molecule has 0 amide bonds. The lowest BCUT2D eigenvalue weighted by molar-refractivity contribution is -0.761. The lowest BCUT2D eigenvalue weighted by Crippen LogP contribution is -2.60. The van der Waals surface area contributed by atoms with Crippen molar-refractivity contribution in [3.63, 3.8) is 0 Å². The monoisotopic (exact) mass is 60.0 g/mol. The Morgan fingerprint density at radius 2 is 2.25 bits per heavy atom. The predicted molar refractivity (Wildman–Crippen MR) is 11.3 cm³/mol. The molecule has 0 aromatic carbocycles. The maximum absolute atomic E-state index is 7.40. The minimum Gasteiger partial charge on any atom is -0.453 e. The summed E-state index contributed by atoms with van der Waals surface area (Å²) < 4.78 is 0. The van der Waals surface area contributed by atoms with Crippen LogP contribution in [0.1, 0.15) is 0 Å². The molecular formula is CH4N2O. The van der Waals surface area contributed by atoms with Crippen LogP contribution >= 0.6 is 0 Å². The summed E-state index contributed by atoms with van der Waals surface area (Å²) >= 11 is 0. The minimum atomic E-state index is 1.32. The molecule has 0 radical (unpaired) electrons. The average Bonchev–Trinajstić information content (AvgIpc) is 1.37. The fraction of sp³-hybridized carbons (Fsp3) is 1.00. The molecular weight excluding hydrogens is 56.0 g/mol. The summed E-state index contributed by atoms with van der Waals surface area (Å²) in [4.78, 5) is 3.85. The third-order valence-electron chi connectivity index (χ3n) is 0.0913. The van der Waals surface area contributed by atoms with Crippen molar-refractivity contribution < 1.29 is 10.1 Å². The maximum atomic E-state index is 7.40. The first-order valence-corrected chi connectivity index (χ1v) is 0.836. The molecule has 0 bridgehead atoms. The first-order chi connectivity index (χ1) is 1.91. The molecule has 24 valence electrons. The summed E-state index contributed by atoms with van der Waals surface area (Å²) in [5.41, 5.74) is 7.40. The lowest BCUT2D eigenvalue weighted by Gasteiger charge is -1.69. The summed E-state index contributed by atoms with van der Waals surface area (Å²) in [6.45, 7) is 0. The highest BCUT2D eigenvalue weighted by atomic mass is 16.6. The van der Waals surface area contributed by atoms with Crippen molar-refractivity contribution in [1.82, 2.24) is 0 Å². The van der Waals surface area contributed by atoms with Gasteiger partial charge in [0.1, 0.15) is 7.11 Å². The van der Waals surface area contributed by atoms with Crippen molar-refractivity contribution in [2.45, 2.75) is 0 Å². The molecule has 1 N–H and O–H groups in total. The first kappa shape index (κ1) is 3.40. The van der Waals surface area contributed by atoms with Gasteiger partial charge in [0.2, 0.25) is 0 Å². The number of rotatable bonds is 1. The predicted octanol–water partition coefficient (Wildman–Crippen LogP) is -1.35. The quantitative estimate of drug-likeness (QED) is 0.295. The van der Waals surface area contributed by atoms with Crippen LogP contribution in [0.25, 0.3) is 5.53 Å². The van der Waals surface area contributed by atoms with Gasteiger partial charge in [-0.3, -0.25) is 4.84 Å². The highest BCUT2D eigenvalue weighted by Crippen LogP contribution is 1.11. The first-order valence-electron chi connectivity index (χ1n) is 0.836. The molecule has 3 heteroatoms. The summed E-state index contributed by atoms with van der Waals surface area (Å²) in [6.07, 6.45) is 0. The van der Waals surface area contributed by atoms with E-state index < -0.39 is 0 Å². The molecule has 3 nitrogen and oxygen atoms in total.